The Labute approximate surface area is 114 Å². The summed E-state index contributed by atoms with van der Waals surface area (Å²) in [6, 6.07) is 10.3. The van der Waals surface area contributed by atoms with E-state index in [1.165, 1.54) is 17.0 Å². The van der Waals surface area contributed by atoms with Crippen LogP contribution in [0.3, 0.4) is 0 Å². The number of benzene rings is 1. The topological polar surface area (TPSA) is 75.3 Å². The minimum atomic E-state index is -1.21. The molecule has 100 valence electrons. The van der Waals surface area contributed by atoms with Crippen LogP contribution in [0.15, 0.2) is 53.3 Å². The van der Waals surface area contributed by atoms with E-state index in [2.05, 4.69) is 0 Å². The van der Waals surface area contributed by atoms with Crippen LogP contribution in [0, 0.1) is 0 Å². The molecule has 2 heterocycles. The monoisotopic (exact) mass is 268 g/mol. The van der Waals surface area contributed by atoms with Crippen molar-refractivity contribution in [2.75, 3.05) is 0 Å². The maximum atomic E-state index is 12.4. The second-order valence-electron chi connectivity index (χ2n) is 4.37. The average molecular weight is 268 g/mol. The molecule has 3 aromatic rings. The predicted octanol–water partition coefficient (Wildman–Crippen LogP) is 1.22. The Morgan fingerprint density at radius 2 is 1.95 bits per heavy atom. The molecule has 0 spiro atoms. The Morgan fingerprint density at radius 1 is 1.15 bits per heavy atom. The van der Waals surface area contributed by atoms with Gasteiger partial charge in [0.15, 0.2) is 5.76 Å². The zero-order valence-corrected chi connectivity index (χ0v) is 10.4. The lowest BCUT2D eigenvalue weighted by Crippen LogP contribution is -2.27. The number of nitrogens with zero attached hydrogens (tertiary/aromatic N) is 1. The van der Waals surface area contributed by atoms with Crippen LogP contribution in [0.4, 0.5) is 0 Å². The number of carbonyl (C=O) groups is 2. The number of furan rings is 1. The van der Waals surface area contributed by atoms with Crippen LogP contribution in [0.25, 0.3) is 10.9 Å². The fourth-order valence-corrected chi connectivity index (χ4v) is 2.24. The molecule has 0 saturated heterocycles. The van der Waals surface area contributed by atoms with E-state index in [0.717, 1.165) is 0 Å². The minimum absolute atomic E-state index is 0.223. The summed E-state index contributed by atoms with van der Waals surface area (Å²) >= 11 is 0. The smallest absolute Gasteiger partial charge is 0.230 e. The Balaban J connectivity index is 2.16. The van der Waals surface area contributed by atoms with Crippen molar-refractivity contribution in [1.29, 1.82) is 0 Å². The first kappa shape index (κ1) is 12.2. The molecular formula is C15H10NO4-. The van der Waals surface area contributed by atoms with Crippen LogP contribution >= 0.6 is 0 Å². The van der Waals surface area contributed by atoms with Crippen molar-refractivity contribution in [2.24, 2.45) is 0 Å². The lowest BCUT2D eigenvalue weighted by Gasteiger charge is -2.04. The molecule has 0 unspecified atom stereocenters. The van der Waals surface area contributed by atoms with Gasteiger partial charge in [0.2, 0.25) is 5.78 Å². The molecule has 0 N–H and O–H groups in total. The number of hydrogen-bond donors (Lipinski definition) is 0. The second-order valence-corrected chi connectivity index (χ2v) is 4.37. The van der Waals surface area contributed by atoms with Crippen molar-refractivity contribution in [3.05, 3.63) is 60.2 Å². The molecule has 0 fully saturated rings. The molecule has 0 bridgehead atoms. The molecule has 0 atom stereocenters. The number of carboxylic acid groups (broad SMARTS) is 1. The summed E-state index contributed by atoms with van der Waals surface area (Å²) in [7, 11) is 0. The summed E-state index contributed by atoms with van der Waals surface area (Å²) in [4.78, 5) is 23.1. The molecule has 5 nitrogen and oxygen atoms in total. The normalized spacial score (nSPS) is 10.8. The van der Waals surface area contributed by atoms with Crippen molar-refractivity contribution < 1.29 is 19.1 Å². The Hall–Kier alpha value is -2.82. The van der Waals surface area contributed by atoms with Crippen LogP contribution in [-0.2, 0) is 11.3 Å². The van der Waals surface area contributed by atoms with Crippen LogP contribution in [-0.4, -0.2) is 16.3 Å². The summed E-state index contributed by atoms with van der Waals surface area (Å²) in [6.07, 6.45) is 2.94. The van der Waals surface area contributed by atoms with Gasteiger partial charge in [-0.3, -0.25) is 4.79 Å². The summed E-state index contributed by atoms with van der Waals surface area (Å²) in [6.45, 7) is -0.300. The second kappa shape index (κ2) is 4.70. The van der Waals surface area contributed by atoms with Crippen molar-refractivity contribution in [3.63, 3.8) is 0 Å². The number of para-hydroxylation sites is 1. The van der Waals surface area contributed by atoms with Crippen LogP contribution in [0.2, 0.25) is 0 Å². The molecule has 0 aliphatic heterocycles. The molecule has 2 aromatic heterocycles. The number of ketones is 1. The van der Waals surface area contributed by atoms with Gasteiger partial charge in [0.25, 0.3) is 0 Å². The third-order valence-corrected chi connectivity index (χ3v) is 3.08. The van der Waals surface area contributed by atoms with E-state index in [1.807, 2.05) is 0 Å². The number of carbonyl (C=O) groups excluding carboxylic acids is 2. The van der Waals surface area contributed by atoms with E-state index < -0.39 is 5.97 Å². The summed E-state index contributed by atoms with van der Waals surface area (Å²) in [5.74, 6) is -1.26. The van der Waals surface area contributed by atoms with Gasteiger partial charge in [-0.2, -0.15) is 0 Å². The van der Waals surface area contributed by atoms with Crippen LogP contribution < -0.4 is 5.11 Å². The van der Waals surface area contributed by atoms with Gasteiger partial charge in [-0.1, -0.05) is 18.2 Å². The number of fused-ring (bicyclic) bond motifs is 1. The molecule has 1 aromatic carbocycles. The minimum Gasteiger partial charge on any atom is -0.548 e. The molecule has 0 amide bonds. The van der Waals surface area contributed by atoms with Gasteiger partial charge in [0, 0.05) is 17.1 Å². The Kier molecular flexibility index (Phi) is 2.87. The molecular weight excluding hydrogens is 258 g/mol. The van der Waals surface area contributed by atoms with E-state index in [9.17, 15) is 14.7 Å². The fraction of sp³-hybridized carbons (Fsp3) is 0.0667. The van der Waals surface area contributed by atoms with E-state index in [4.69, 9.17) is 4.42 Å². The SMILES string of the molecule is O=C([O-])Cn1cc(C(=O)c2ccco2)c2ccccc21. The standard InChI is InChI=1S/C15H11NO4/c17-14(18)9-16-8-11(10-4-1-2-5-12(10)16)15(19)13-6-3-7-20-13/h1-8H,9H2,(H,17,18)/p-1. The lowest BCUT2D eigenvalue weighted by molar-refractivity contribution is -0.306. The average Bonchev–Trinajstić information content (AvgIpc) is 3.06. The predicted molar refractivity (Wildman–Crippen MR) is 69.1 cm³/mol. The Bertz CT molecular complexity index is 783. The zero-order valence-electron chi connectivity index (χ0n) is 10.4. The highest BCUT2D eigenvalue weighted by molar-refractivity contribution is 6.15. The number of aromatic nitrogens is 1. The Morgan fingerprint density at radius 3 is 2.65 bits per heavy atom. The van der Waals surface area contributed by atoms with Gasteiger partial charge in [0.1, 0.15) is 0 Å². The maximum absolute atomic E-state index is 12.4. The maximum Gasteiger partial charge on any atom is 0.230 e. The largest absolute Gasteiger partial charge is 0.548 e. The first-order chi connectivity index (χ1) is 9.66. The molecule has 0 aliphatic carbocycles. The molecule has 0 saturated carbocycles. The van der Waals surface area contributed by atoms with Crippen molar-refractivity contribution in [3.8, 4) is 0 Å². The molecule has 20 heavy (non-hydrogen) atoms. The summed E-state index contributed by atoms with van der Waals surface area (Å²) in [5, 5.41) is 11.5. The highest BCUT2D eigenvalue weighted by Crippen LogP contribution is 2.24. The quantitative estimate of drug-likeness (QED) is 0.667. The van der Waals surface area contributed by atoms with E-state index in [1.54, 1.807) is 36.4 Å². The van der Waals surface area contributed by atoms with Crippen LogP contribution in [0.5, 0.6) is 0 Å². The first-order valence-corrected chi connectivity index (χ1v) is 6.03. The van der Waals surface area contributed by atoms with Crippen molar-refractivity contribution >= 4 is 22.7 Å². The number of hydrogen-bond acceptors (Lipinski definition) is 4. The molecule has 5 heteroatoms. The van der Waals surface area contributed by atoms with Gasteiger partial charge < -0.3 is 18.9 Å². The molecule has 3 rings (SSSR count). The van der Waals surface area contributed by atoms with Gasteiger partial charge in [0.05, 0.1) is 24.3 Å². The number of carboxylic acids is 1. The van der Waals surface area contributed by atoms with Gasteiger partial charge in [-0.05, 0) is 18.2 Å². The zero-order chi connectivity index (χ0) is 14.1. The first-order valence-electron chi connectivity index (χ1n) is 6.03. The third-order valence-electron chi connectivity index (χ3n) is 3.08. The van der Waals surface area contributed by atoms with Gasteiger partial charge in [-0.15, -0.1) is 0 Å². The van der Waals surface area contributed by atoms with E-state index >= 15 is 0 Å². The number of aliphatic carboxylic acids is 1. The van der Waals surface area contributed by atoms with Gasteiger partial charge >= 0.3 is 0 Å². The van der Waals surface area contributed by atoms with E-state index in [-0.39, 0.29) is 18.1 Å². The van der Waals surface area contributed by atoms with Crippen molar-refractivity contribution in [1.82, 2.24) is 4.57 Å². The van der Waals surface area contributed by atoms with E-state index in [0.29, 0.717) is 16.5 Å². The van der Waals surface area contributed by atoms with Crippen molar-refractivity contribution in [2.45, 2.75) is 6.54 Å². The highest BCUT2D eigenvalue weighted by atomic mass is 16.4. The van der Waals surface area contributed by atoms with Crippen LogP contribution in [0.1, 0.15) is 16.1 Å². The molecule has 0 aliphatic rings. The fourth-order valence-electron chi connectivity index (χ4n) is 2.24. The highest BCUT2D eigenvalue weighted by Gasteiger charge is 2.18. The number of rotatable bonds is 4. The van der Waals surface area contributed by atoms with Gasteiger partial charge in [-0.25, -0.2) is 0 Å². The molecule has 0 radical (unpaired) electrons. The third kappa shape index (κ3) is 1.99. The summed E-state index contributed by atoms with van der Waals surface area (Å²) < 4.78 is 6.59. The summed E-state index contributed by atoms with van der Waals surface area (Å²) in [5.41, 5.74) is 1.09. The lowest BCUT2D eigenvalue weighted by atomic mass is 10.1.